The predicted octanol–water partition coefficient (Wildman–Crippen LogP) is 3.28. The van der Waals surface area contributed by atoms with Gasteiger partial charge < -0.3 is 18.6 Å². The third-order valence-electron chi connectivity index (χ3n) is 4.70. The summed E-state index contributed by atoms with van der Waals surface area (Å²) in [6, 6.07) is 5.61. The first-order valence-electron chi connectivity index (χ1n) is 8.58. The molecule has 6 heteroatoms. The molecule has 1 aliphatic rings. The van der Waals surface area contributed by atoms with Gasteiger partial charge >= 0.3 is 0 Å². The second kappa shape index (κ2) is 7.89. The van der Waals surface area contributed by atoms with E-state index in [1.807, 2.05) is 25.1 Å². The van der Waals surface area contributed by atoms with E-state index in [0.29, 0.717) is 17.7 Å². The number of ether oxygens (including phenoxy) is 3. The lowest BCUT2D eigenvalue weighted by Crippen LogP contribution is -2.38. The first kappa shape index (κ1) is 17.8. The van der Waals surface area contributed by atoms with Gasteiger partial charge in [0.25, 0.3) is 0 Å². The maximum atomic E-state index is 5.93. The lowest BCUT2D eigenvalue weighted by atomic mass is 10.1. The number of piperidine rings is 1. The molecule has 0 amide bonds. The van der Waals surface area contributed by atoms with E-state index in [4.69, 9.17) is 23.6 Å². The maximum Gasteiger partial charge on any atom is 0.230 e. The van der Waals surface area contributed by atoms with Crippen molar-refractivity contribution in [2.45, 2.75) is 32.4 Å². The Bertz CT molecular complexity index is 713. The van der Waals surface area contributed by atoms with Crippen LogP contribution >= 0.6 is 0 Å². The summed E-state index contributed by atoms with van der Waals surface area (Å²) in [5.41, 5.74) is 1.75. The second-order valence-corrected chi connectivity index (χ2v) is 6.32. The van der Waals surface area contributed by atoms with E-state index >= 15 is 0 Å². The topological polar surface area (TPSA) is 57.0 Å². The van der Waals surface area contributed by atoms with Gasteiger partial charge in [0.05, 0.1) is 31.6 Å². The highest BCUT2D eigenvalue weighted by molar-refractivity contribution is 5.65. The molecule has 1 aliphatic heterocycles. The first-order chi connectivity index (χ1) is 12.1. The van der Waals surface area contributed by atoms with Crippen LogP contribution < -0.4 is 9.47 Å². The minimum absolute atomic E-state index is 0.305. The van der Waals surface area contributed by atoms with Crippen molar-refractivity contribution in [1.29, 1.82) is 0 Å². The summed E-state index contributed by atoms with van der Waals surface area (Å²) in [6.45, 7) is 4.71. The summed E-state index contributed by atoms with van der Waals surface area (Å²) in [5.74, 6) is 2.85. The number of likely N-dealkylation sites (tertiary alicyclic amines) is 1. The summed E-state index contributed by atoms with van der Waals surface area (Å²) < 4.78 is 22.2. The Morgan fingerprint density at radius 2 is 2.08 bits per heavy atom. The zero-order chi connectivity index (χ0) is 17.8. The lowest BCUT2D eigenvalue weighted by molar-refractivity contribution is 0.0280. The van der Waals surface area contributed by atoms with E-state index < -0.39 is 0 Å². The molecule has 2 heterocycles. The van der Waals surface area contributed by atoms with Gasteiger partial charge in [-0.1, -0.05) is 0 Å². The highest BCUT2D eigenvalue weighted by Gasteiger charge is 2.22. The van der Waals surface area contributed by atoms with E-state index in [9.17, 15) is 0 Å². The average Bonchev–Trinajstić information content (AvgIpc) is 3.01. The molecule has 1 aromatic carbocycles. The van der Waals surface area contributed by atoms with Gasteiger partial charge in [-0.2, -0.15) is 0 Å². The lowest BCUT2D eigenvalue weighted by Gasteiger charge is -2.31. The van der Waals surface area contributed by atoms with Crippen molar-refractivity contribution in [2.75, 3.05) is 34.4 Å². The van der Waals surface area contributed by atoms with Crippen LogP contribution in [0.5, 0.6) is 11.5 Å². The molecule has 0 aliphatic carbocycles. The Hall–Kier alpha value is -2.05. The van der Waals surface area contributed by atoms with E-state index in [2.05, 4.69) is 4.90 Å². The summed E-state index contributed by atoms with van der Waals surface area (Å²) in [4.78, 5) is 7.09. The van der Waals surface area contributed by atoms with Crippen LogP contribution in [0.25, 0.3) is 11.5 Å². The van der Waals surface area contributed by atoms with Crippen LogP contribution in [0.15, 0.2) is 22.6 Å². The van der Waals surface area contributed by atoms with Crippen LogP contribution in [0.1, 0.15) is 24.3 Å². The predicted molar refractivity (Wildman–Crippen MR) is 95.1 cm³/mol. The van der Waals surface area contributed by atoms with Crippen molar-refractivity contribution in [1.82, 2.24) is 9.88 Å². The summed E-state index contributed by atoms with van der Waals surface area (Å²) in [7, 11) is 5.06. The molecule has 0 saturated carbocycles. The Morgan fingerprint density at radius 1 is 1.24 bits per heavy atom. The molecule has 6 nitrogen and oxygen atoms in total. The highest BCUT2D eigenvalue weighted by atomic mass is 16.5. The Kier molecular flexibility index (Phi) is 5.60. The normalized spacial score (nSPS) is 18.3. The molecule has 25 heavy (non-hydrogen) atoms. The third kappa shape index (κ3) is 3.96. The Morgan fingerprint density at radius 3 is 2.80 bits per heavy atom. The minimum atomic E-state index is 0.305. The van der Waals surface area contributed by atoms with Gasteiger partial charge in [-0.05, 0) is 44.5 Å². The fourth-order valence-corrected chi connectivity index (χ4v) is 3.23. The molecular formula is C19H26N2O4. The molecule has 0 radical (unpaired) electrons. The standard InChI is InChI=1S/C19H26N2O4/c1-13-17(12-21-9-5-6-15(11-21)23-3)20-19(25-13)16-10-14(22-2)7-8-18(16)24-4/h7-8,10,15H,5-6,9,11-12H2,1-4H3/t15-/m1/s1. The molecule has 2 aromatic rings. The zero-order valence-corrected chi connectivity index (χ0v) is 15.4. The molecule has 0 spiro atoms. The molecule has 1 fully saturated rings. The highest BCUT2D eigenvalue weighted by Crippen LogP contribution is 2.34. The van der Waals surface area contributed by atoms with Crippen molar-refractivity contribution in [2.24, 2.45) is 0 Å². The molecule has 136 valence electrons. The number of oxazole rings is 1. The Labute approximate surface area is 148 Å². The first-order valence-corrected chi connectivity index (χ1v) is 8.58. The van der Waals surface area contributed by atoms with Crippen molar-refractivity contribution in [3.05, 3.63) is 29.7 Å². The van der Waals surface area contributed by atoms with Gasteiger partial charge in [-0.3, -0.25) is 4.90 Å². The monoisotopic (exact) mass is 346 g/mol. The average molecular weight is 346 g/mol. The fraction of sp³-hybridized carbons (Fsp3) is 0.526. The summed E-state index contributed by atoms with van der Waals surface area (Å²) >= 11 is 0. The number of hydrogen-bond acceptors (Lipinski definition) is 6. The number of rotatable bonds is 6. The van der Waals surface area contributed by atoms with Gasteiger partial charge in [0.1, 0.15) is 17.3 Å². The third-order valence-corrected chi connectivity index (χ3v) is 4.70. The Balaban J connectivity index is 1.83. The van der Waals surface area contributed by atoms with Crippen LogP contribution in [0.4, 0.5) is 0 Å². The van der Waals surface area contributed by atoms with Crippen molar-refractivity contribution >= 4 is 0 Å². The van der Waals surface area contributed by atoms with E-state index in [0.717, 1.165) is 55.2 Å². The van der Waals surface area contributed by atoms with E-state index in [1.54, 1.807) is 21.3 Å². The summed E-state index contributed by atoms with van der Waals surface area (Å²) in [5, 5.41) is 0. The molecule has 1 saturated heterocycles. The van der Waals surface area contributed by atoms with Gasteiger partial charge in [-0.25, -0.2) is 4.98 Å². The van der Waals surface area contributed by atoms with E-state index in [-0.39, 0.29) is 0 Å². The molecule has 0 bridgehead atoms. The number of aromatic nitrogens is 1. The van der Waals surface area contributed by atoms with Gasteiger partial charge in [0.2, 0.25) is 5.89 Å². The second-order valence-electron chi connectivity index (χ2n) is 6.32. The quantitative estimate of drug-likeness (QED) is 0.800. The fourth-order valence-electron chi connectivity index (χ4n) is 3.23. The number of nitrogens with zero attached hydrogens (tertiary/aromatic N) is 2. The molecular weight excluding hydrogens is 320 g/mol. The van der Waals surface area contributed by atoms with Crippen molar-refractivity contribution in [3.8, 4) is 23.0 Å². The van der Waals surface area contributed by atoms with Gasteiger partial charge in [0.15, 0.2) is 0 Å². The van der Waals surface area contributed by atoms with Crippen LogP contribution in [0.3, 0.4) is 0 Å². The van der Waals surface area contributed by atoms with Crippen LogP contribution in [-0.4, -0.2) is 50.4 Å². The van der Waals surface area contributed by atoms with Crippen molar-refractivity contribution < 1.29 is 18.6 Å². The maximum absolute atomic E-state index is 5.93. The minimum Gasteiger partial charge on any atom is -0.497 e. The molecule has 0 N–H and O–H groups in total. The number of benzene rings is 1. The van der Waals surface area contributed by atoms with E-state index in [1.165, 1.54) is 0 Å². The van der Waals surface area contributed by atoms with Crippen molar-refractivity contribution in [3.63, 3.8) is 0 Å². The molecule has 1 aromatic heterocycles. The molecule has 3 rings (SSSR count). The number of methoxy groups -OCH3 is 3. The van der Waals surface area contributed by atoms with Crippen LogP contribution in [-0.2, 0) is 11.3 Å². The summed E-state index contributed by atoms with van der Waals surface area (Å²) in [6.07, 6.45) is 2.57. The largest absolute Gasteiger partial charge is 0.497 e. The number of hydrogen-bond donors (Lipinski definition) is 0. The van der Waals surface area contributed by atoms with Crippen LogP contribution in [0.2, 0.25) is 0 Å². The molecule has 0 unspecified atom stereocenters. The van der Waals surface area contributed by atoms with Crippen LogP contribution in [0, 0.1) is 6.92 Å². The smallest absolute Gasteiger partial charge is 0.230 e. The number of aryl methyl sites for hydroxylation is 1. The zero-order valence-electron chi connectivity index (χ0n) is 15.4. The SMILES string of the molecule is COc1ccc(OC)c(-c2nc(CN3CCC[C@@H](OC)C3)c(C)o2)c1. The van der Waals surface area contributed by atoms with Gasteiger partial charge in [0, 0.05) is 20.2 Å². The molecule has 1 atom stereocenters. The van der Waals surface area contributed by atoms with Gasteiger partial charge in [-0.15, -0.1) is 0 Å².